The normalized spacial score (nSPS) is 12.2. The highest BCUT2D eigenvalue weighted by molar-refractivity contribution is 7.92. The van der Waals surface area contributed by atoms with Crippen molar-refractivity contribution < 1.29 is 18.0 Å². The minimum atomic E-state index is -3.92. The first kappa shape index (κ1) is 31.5. The number of carbonyl (C=O) groups excluding carboxylic acids is 2. The van der Waals surface area contributed by atoms with E-state index in [0.29, 0.717) is 6.54 Å². The Morgan fingerprint density at radius 1 is 0.925 bits per heavy atom. The van der Waals surface area contributed by atoms with E-state index in [1.807, 2.05) is 75.4 Å². The number of halogens is 2. The van der Waals surface area contributed by atoms with Gasteiger partial charge in [-0.05, 0) is 47.7 Å². The highest BCUT2D eigenvalue weighted by Gasteiger charge is 2.33. The predicted octanol–water partition coefficient (Wildman–Crippen LogP) is 5.48. The number of nitrogens with one attached hydrogen (secondary N) is 1. The van der Waals surface area contributed by atoms with Crippen LogP contribution in [0.1, 0.15) is 30.5 Å². The quantitative estimate of drug-likeness (QED) is 0.297. The molecular formula is C30H35Cl2N3O4S. The van der Waals surface area contributed by atoms with Crippen molar-refractivity contribution in [3.63, 3.8) is 0 Å². The predicted molar refractivity (Wildman–Crippen MR) is 162 cm³/mol. The number of anilines is 1. The molecule has 0 bridgehead atoms. The molecule has 1 N–H and O–H groups in total. The Kier molecular flexibility index (Phi) is 11.0. The molecule has 10 heteroatoms. The fourth-order valence-electron chi connectivity index (χ4n) is 4.24. The molecule has 0 spiro atoms. The van der Waals surface area contributed by atoms with Crippen molar-refractivity contribution >= 4 is 50.7 Å². The van der Waals surface area contributed by atoms with E-state index in [0.717, 1.165) is 27.3 Å². The smallest absolute Gasteiger partial charge is 0.244 e. The van der Waals surface area contributed by atoms with Gasteiger partial charge in [-0.3, -0.25) is 13.9 Å². The number of benzene rings is 3. The van der Waals surface area contributed by atoms with Gasteiger partial charge in [0.15, 0.2) is 0 Å². The van der Waals surface area contributed by atoms with Crippen molar-refractivity contribution in [2.75, 3.05) is 23.7 Å². The van der Waals surface area contributed by atoms with Gasteiger partial charge in [-0.25, -0.2) is 8.42 Å². The maximum Gasteiger partial charge on any atom is 0.244 e. The third kappa shape index (κ3) is 8.98. The van der Waals surface area contributed by atoms with Crippen molar-refractivity contribution in [1.82, 2.24) is 10.2 Å². The van der Waals surface area contributed by atoms with Gasteiger partial charge < -0.3 is 10.2 Å². The SMILES string of the molecule is Cc1ccccc1CN(C(=O)CN(c1cc(Cl)cc(Cl)c1)S(C)(=O)=O)C(Cc1ccccc1)C(=O)NCC(C)C. The molecule has 0 saturated heterocycles. The van der Waals surface area contributed by atoms with Gasteiger partial charge in [0, 0.05) is 29.6 Å². The van der Waals surface area contributed by atoms with Crippen LogP contribution in [0.25, 0.3) is 0 Å². The Morgan fingerprint density at radius 3 is 2.10 bits per heavy atom. The second kappa shape index (κ2) is 14.0. The molecule has 0 saturated carbocycles. The molecule has 0 aliphatic carbocycles. The van der Waals surface area contributed by atoms with Gasteiger partial charge >= 0.3 is 0 Å². The van der Waals surface area contributed by atoms with Crippen LogP contribution in [0, 0.1) is 12.8 Å². The molecule has 40 heavy (non-hydrogen) atoms. The van der Waals surface area contributed by atoms with Crippen LogP contribution in [-0.4, -0.2) is 50.5 Å². The number of rotatable bonds is 12. The van der Waals surface area contributed by atoms with E-state index in [-0.39, 0.29) is 40.5 Å². The molecule has 3 aromatic rings. The monoisotopic (exact) mass is 603 g/mol. The first-order chi connectivity index (χ1) is 18.8. The highest BCUT2D eigenvalue weighted by atomic mass is 35.5. The van der Waals surface area contributed by atoms with Gasteiger partial charge in [-0.2, -0.15) is 0 Å². The lowest BCUT2D eigenvalue weighted by Gasteiger charge is -2.34. The number of nitrogens with zero attached hydrogens (tertiary/aromatic N) is 2. The van der Waals surface area contributed by atoms with Crippen molar-refractivity contribution in [2.45, 2.75) is 39.8 Å². The van der Waals surface area contributed by atoms with Crippen LogP contribution in [0.3, 0.4) is 0 Å². The molecule has 1 atom stereocenters. The van der Waals surface area contributed by atoms with Gasteiger partial charge in [-0.15, -0.1) is 0 Å². The first-order valence-corrected chi connectivity index (χ1v) is 15.5. The lowest BCUT2D eigenvalue weighted by molar-refractivity contribution is -0.140. The Balaban J connectivity index is 2.07. The van der Waals surface area contributed by atoms with Crippen LogP contribution in [0.4, 0.5) is 5.69 Å². The van der Waals surface area contributed by atoms with Gasteiger partial charge in [0.05, 0.1) is 11.9 Å². The maximum atomic E-state index is 14.1. The minimum absolute atomic E-state index is 0.117. The molecule has 0 aliphatic rings. The summed E-state index contributed by atoms with van der Waals surface area (Å²) in [5.74, 6) is -0.642. The average Bonchev–Trinajstić information content (AvgIpc) is 2.88. The fraction of sp³-hybridized carbons (Fsp3) is 0.333. The second-order valence-corrected chi connectivity index (χ2v) is 13.0. The van der Waals surface area contributed by atoms with E-state index in [4.69, 9.17) is 23.2 Å². The number of hydrogen-bond acceptors (Lipinski definition) is 4. The number of hydrogen-bond donors (Lipinski definition) is 1. The van der Waals surface area contributed by atoms with Crippen LogP contribution in [0.5, 0.6) is 0 Å². The minimum Gasteiger partial charge on any atom is -0.354 e. The van der Waals surface area contributed by atoms with Crippen LogP contribution in [0.15, 0.2) is 72.8 Å². The molecule has 0 fully saturated rings. The van der Waals surface area contributed by atoms with Gasteiger partial charge in [-0.1, -0.05) is 91.6 Å². The second-order valence-electron chi connectivity index (χ2n) is 10.2. The standard InChI is InChI=1S/C30H35Cl2N3O4S/c1-21(2)18-33-30(37)28(14-23-11-6-5-7-12-23)34(19-24-13-9-8-10-22(24)3)29(36)20-35(40(4,38)39)27-16-25(31)15-26(32)17-27/h5-13,15-17,21,28H,14,18-20H2,1-4H3,(H,33,37). The summed E-state index contributed by atoms with van der Waals surface area (Å²) in [6.07, 6.45) is 1.27. The van der Waals surface area contributed by atoms with E-state index < -0.39 is 28.5 Å². The summed E-state index contributed by atoms with van der Waals surface area (Å²) in [6, 6.07) is 20.5. The number of amides is 2. The van der Waals surface area contributed by atoms with Crippen LogP contribution in [-0.2, 0) is 32.6 Å². The molecule has 3 rings (SSSR count). The molecular weight excluding hydrogens is 569 g/mol. The summed E-state index contributed by atoms with van der Waals surface area (Å²) in [6.45, 7) is 5.93. The van der Waals surface area contributed by atoms with E-state index in [9.17, 15) is 18.0 Å². The maximum absolute atomic E-state index is 14.1. The summed E-state index contributed by atoms with van der Waals surface area (Å²) in [4.78, 5) is 29.2. The summed E-state index contributed by atoms with van der Waals surface area (Å²) < 4.78 is 26.7. The Hall–Kier alpha value is -3.07. The zero-order chi connectivity index (χ0) is 29.4. The molecule has 7 nitrogen and oxygen atoms in total. The molecule has 0 heterocycles. The van der Waals surface area contributed by atoms with Crippen molar-refractivity contribution in [2.24, 2.45) is 5.92 Å². The summed E-state index contributed by atoms with van der Waals surface area (Å²) in [7, 11) is -3.92. The van der Waals surface area contributed by atoms with Gasteiger partial charge in [0.2, 0.25) is 21.8 Å². The third-order valence-corrected chi connectivity index (χ3v) is 7.95. The van der Waals surface area contributed by atoms with Gasteiger partial charge in [0.1, 0.15) is 12.6 Å². The van der Waals surface area contributed by atoms with Crippen molar-refractivity contribution in [3.8, 4) is 0 Å². The van der Waals surface area contributed by atoms with Crippen molar-refractivity contribution in [1.29, 1.82) is 0 Å². The fourth-order valence-corrected chi connectivity index (χ4v) is 5.59. The molecule has 1 unspecified atom stereocenters. The molecule has 0 aliphatic heterocycles. The first-order valence-electron chi connectivity index (χ1n) is 12.9. The Morgan fingerprint density at radius 2 is 1.52 bits per heavy atom. The molecule has 2 amide bonds. The van der Waals surface area contributed by atoms with E-state index in [1.165, 1.54) is 23.1 Å². The van der Waals surface area contributed by atoms with E-state index in [1.54, 1.807) is 0 Å². The molecule has 0 radical (unpaired) electrons. The van der Waals surface area contributed by atoms with Crippen molar-refractivity contribution in [3.05, 3.63) is 99.5 Å². The number of carbonyl (C=O) groups is 2. The Labute approximate surface area is 247 Å². The molecule has 214 valence electrons. The summed E-state index contributed by atoms with van der Waals surface area (Å²) in [5.41, 5.74) is 2.83. The topological polar surface area (TPSA) is 86.8 Å². The number of aryl methyl sites for hydroxylation is 1. The average molecular weight is 605 g/mol. The third-order valence-electron chi connectivity index (χ3n) is 6.37. The summed E-state index contributed by atoms with van der Waals surface area (Å²) >= 11 is 12.3. The Bertz CT molecular complexity index is 1410. The molecule has 0 aromatic heterocycles. The molecule has 3 aromatic carbocycles. The lowest BCUT2D eigenvalue weighted by atomic mass is 10.0. The van der Waals surface area contributed by atoms with Crippen LogP contribution in [0.2, 0.25) is 10.0 Å². The van der Waals surface area contributed by atoms with E-state index in [2.05, 4.69) is 5.32 Å². The lowest BCUT2D eigenvalue weighted by Crippen LogP contribution is -2.53. The zero-order valence-electron chi connectivity index (χ0n) is 23.1. The van der Waals surface area contributed by atoms with Crippen LogP contribution >= 0.6 is 23.2 Å². The highest BCUT2D eigenvalue weighted by Crippen LogP contribution is 2.27. The number of sulfonamides is 1. The van der Waals surface area contributed by atoms with Gasteiger partial charge in [0.25, 0.3) is 0 Å². The summed E-state index contributed by atoms with van der Waals surface area (Å²) in [5, 5.41) is 3.43. The largest absolute Gasteiger partial charge is 0.354 e. The van der Waals surface area contributed by atoms with Crippen LogP contribution < -0.4 is 9.62 Å². The zero-order valence-corrected chi connectivity index (χ0v) is 25.4. The van der Waals surface area contributed by atoms with E-state index >= 15 is 0 Å².